The summed E-state index contributed by atoms with van der Waals surface area (Å²) in [7, 11) is 0. The monoisotopic (exact) mass is 355 g/mol. The number of pyridine rings is 1. The lowest BCUT2D eigenvalue weighted by Gasteiger charge is -2.15. The molecular weight excluding hydrogens is 334 g/mol. The number of nitrogens with zero attached hydrogens (tertiary/aromatic N) is 3. The van der Waals surface area contributed by atoms with Crippen molar-refractivity contribution in [3.05, 3.63) is 89.0 Å². The summed E-state index contributed by atoms with van der Waals surface area (Å²) in [5.41, 5.74) is 4.78. The Morgan fingerprint density at radius 2 is 1.74 bits per heavy atom. The molecule has 4 aromatic rings. The summed E-state index contributed by atoms with van der Waals surface area (Å²) >= 11 is 0. The van der Waals surface area contributed by atoms with E-state index in [9.17, 15) is 4.79 Å². The Morgan fingerprint density at radius 1 is 0.963 bits per heavy atom. The fourth-order valence-corrected chi connectivity index (χ4v) is 3.25. The molecule has 4 nitrogen and oxygen atoms in total. The van der Waals surface area contributed by atoms with Gasteiger partial charge in [-0.3, -0.25) is 9.36 Å². The second-order valence-electron chi connectivity index (χ2n) is 6.71. The van der Waals surface area contributed by atoms with Gasteiger partial charge in [0.15, 0.2) is 5.65 Å². The summed E-state index contributed by atoms with van der Waals surface area (Å²) in [4.78, 5) is 22.4. The third-order valence-electron chi connectivity index (χ3n) is 4.93. The van der Waals surface area contributed by atoms with Crippen LogP contribution < -0.4 is 5.56 Å². The molecule has 27 heavy (non-hydrogen) atoms. The highest BCUT2D eigenvalue weighted by Crippen LogP contribution is 2.23. The zero-order valence-electron chi connectivity index (χ0n) is 15.5. The molecule has 0 aliphatic heterocycles. The lowest BCUT2D eigenvalue weighted by Crippen LogP contribution is -2.26. The number of aromatic nitrogens is 3. The van der Waals surface area contributed by atoms with E-state index in [2.05, 4.69) is 35.1 Å². The van der Waals surface area contributed by atoms with E-state index in [0.29, 0.717) is 11.3 Å². The Kier molecular flexibility index (Phi) is 4.55. The first-order valence-electron chi connectivity index (χ1n) is 9.22. The average Bonchev–Trinajstić information content (AvgIpc) is 2.73. The quantitative estimate of drug-likeness (QED) is 0.520. The Balaban J connectivity index is 1.99. The highest BCUT2D eigenvalue weighted by atomic mass is 16.1. The molecule has 2 aromatic carbocycles. The molecule has 1 unspecified atom stereocenters. The molecular formula is C23H21N3O. The third-order valence-corrected chi connectivity index (χ3v) is 4.93. The molecule has 0 N–H and O–H groups in total. The van der Waals surface area contributed by atoms with Crippen LogP contribution in [0.15, 0.2) is 77.7 Å². The molecule has 0 aliphatic rings. The number of rotatable bonds is 4. The predicted octanol–water partition coefficient (Wildman–Crippen LogP) is 4.96. The van der Waals surface area contributed by atoms with Crippen molar-refractivity contribution in [2.75, 3.05) is 0 Å². The molecule has 134 valence electrons. The van der Waals surface area contributed by atoms with Gasteiger partial charge in [0.2, 0.25) is 0 Å². The molecule has 0 fully saturated rings. The van der Waals surface area contributed by atoms with Gasteiger partial charge in [0, 0.05) is 12.1 Å². The van der Waals surface area contributed by atoms with Crippen LogP contribution in [0.4, 0.5) is 0 Å². The van der Waals surface area contributed by atoms with Crippen LogP contribution in [0.25, 0.3) is 28.0 Å². The minimum Gasteiger partial charge on any atom is -0.267 e. The highest BCUT2D eigenvalue weighted by molar-refractivity contribution is 5.73. The SMILES string of the molecule is CCC(C)c1nc2cccnc2n(-c2cccc(-c3ccccc3)c2)c1=O. The number of benzene rings is 2. The summed E-state index contributed by atoms with van der Waals surface area (Å²) in [6.45, 7) is 4.11. The molecule has 0 aliphatic carbocycles. The van der Waals surface area contributed by atoms with Gasteiger partial charge in [-0.05, 0) is 41.8 Å². The van der Waals surface area contributed by atoms with Crippen LogP contribution in [-0.4, -0.2) is 14.5 Å². The normalized spacial score (nSPS) is 12.2. The van der Waals surface area contributed by atoms with E-state index in [-0.39, 0.29) is 11.5 Å². The van der Waals surface area contributed by atoms with Crippen molar-refractivity contribution in [1.82, 2.24) is 14.5 Å². The van der Waals surface area contributed by atoms with Crippen molar-refractivity contribution in [3.63, 3.8) is 0 Å². The molecule has 1 atom stereocenters. The van der Waals surface area contributed by atoms with Crippen LogP contribution in [0.1, 0.15) is 31.9 Å². The maximum absolute atomic E-state index is 13.3. The Morgan fingerprint density at radius 3 is 2.52 bits per heavy atom. The average molecular weight is 355 g/mol. The maximum atomic E-state index is 13.3. The third kappa shape index (κ3) is 3.14. The second-order valence-corrected chi connectivity index (χ2v) is 6.71. The van der Waals surface area contributed by atoms with Crippen LogP contribution in [0.2, 0.25) is 0 Å². The summed E-state index contributed by atoms with van der Waals surface area (Å²) in [5.74, 6) is 0.0886. The van der Waals surface area contributed by atoms with E-state index < -0.39 is 0 Å². The predicted molar refractivity (Wildman–Crippen MR) is 109 cm³/mol. The summed E-state index contributed by atoms with van der Waals surface area (Å²) in [6, 6.07) is 21.9. The lowest BCUT2D eigenvalue weighted by molar-refractivity contribution is 0.691. The number of fused-ring (bicyclic) bond motifs is 1. The first-order valence-corrected chi connectivity index (χ1v) is 9.22. The molecule has 4 rings (SSSR count). The van der Waals surface area contributed by atoms with Crippen molar-refractivity contribution in [2.24, 2.45) is 0 Å². The molecule has 2 aromatic heterocycles. The minimum atomic E-state index is -0.0965. The number of hydrogen-bond acceptors (Lipinski definition) is 3. The summed E-state index contributed by atoms with van der Waals surface area (Å²) in [5, 5.41) is 0. The Labute approximate surface area is 158 Å². The van der Waals surface area contributed by atoms with Gasteiger partial charge in [-0.15, -0.1) is 0 Å². The van der Waals surface area contributed by atoms with E-state index in [0.717, 1.165) is 28.8 Å². The summed E-state index contributed by atoms with van der Waals surface area (Å²) in [6.07, 6.45) is 2.56. The molecule has 0 bridgehead atoms. The van der Waals surface area contributed by atoms with Crippen LogP contribution in [0.5, 0.6) is 0 Å². The smallest absolute Gasteiger partial charge is 0.267 e. The fraction of sp³-hybridized carbons (Fsp3) is 0.174. The molecule has 0 spiro atoms. The van der Waals surface area contributed by atoms with Gasteiger partial charge in [0.1, 0.15) is 11.2 Å². The zero-order valence-corrected chi connectivity index (χ0v) is 15.5. The van der Waals surface area contributed by atoms with Gasteiger partial charge in [-0.2, -0.15) is 0 Å². The van der Waals surface area contributed by atoms with Crippen molar-refractivity contribution in [2.45, 2.75) is 26.2 Å². The van der Waals surface area contributed by atoms with Crippen molar-refractivity contribution in [3.8, 4) is 16.8 Å². The minimum absolute atomic E-state index is 0.0886. The van der Waals surface area contributed by atoms with Gasteiger partial charge < -0.3 is 0 Å². The van der Waals surface area contributed by atoms with Crippen LogP contribution >= 0.6 is 0 Å². The van der Waals surface area contributed by atoms with Crippen molar-refractivity contribution >= 4 is 11.2 Å². The van der Waals surface area contributed by atoms with Gasteiger partial charge in [0.05, 0.1) is 5.69 Å². The van der Waals surface area contributed by atoms with Crippen LogP contribution in [0.3, 0.4) is 0 Å². The molecule has 2 heterocycles. The first kappa shape index (κ1) is 17.2. The topological polar surface area (TPSA) is 47.8 Å². The van der Waals surface area contributed by atoms with E-state index >= 15 is 0 Å². The lowest BCUT2D eigenvalue weighted by atomic mass is 10.0. The molecule has 4 heteroatoms. The second kappa shape index (κ2) is 7.16. The van der Waals surface area contributed by atoms with Crippen LogP contribution in [-0.2, 0) is 0 Å². The van der Waals surface area contributed by atoms with Gasteiger partial charge >= 0.3 is 0 Å². The van der Waals surface area contributed by atoms with Crippen molar-refractivity contribution < 1.29 is 0 Å². The fourth-order valence-electron chi connectivity index (χ4n) is 3.25. The van der Waals surface area contributed by atoms with E-state index in [4.69, 9.17) is 0 Å². The molecule has 0 amide bonds. The summed E-state index contributed by atoms with van der Waals surface area (Å²) < 4.78 is 1.69. The molecule has 0 saturated carbocycles. The van der Waals surface area contributed by atoms with Crippen LogP contribution in [0, 0.1) is 0 Å². The Hall–Kier alpha value is -3.27. The number of hydrogen-bond donors (Lipinski definition) is 0. The van der Waals surface area contributed by atoms with Gasteiger partial charge in [-0.1, -0.05) is 56.3 Å². The zero-order chi connectivity index (χ0) is 18.8. The van der Waals surface area contributed by atoms with Crippen molar-refractivity contribution in [1.29, 1.82) is 0 Å². The standard InChI is InChI=1S/C23H21N3O/c1-3-16(2)21-23(27)26(22-20(25-21)13-8-14-24-22)19-12-7-11-18(15-19)17-9-5-4-6-10-17/h4-16H,3H2,1-2H3. The molecule has 0 saturated heterocycles. The van der Waals surface area contributed by atoms with E-state index in [1.807, 2.05) is 55.5 Å². The largest absolute Gasteiger partial charge is 0.278 e. The Bertz CT molecular complexity index is 1150. The first-order chi connectivity index (χ1) is 13.2. The maximum Gasteiger partial charge on any atom is 0.278 e. The van der Waals surface area contributed by atoms with E-state index in [1.54, 1.807) is 10.8 Å². The highest BCUT2D eigenvalue weighted by Gasteiger charge is 2.17. The van der Waals surface area contributed by atoms with Gasteiger partial charge in [-0.25, -0.2) is 9.97 Å². The van der Waals surface area contributed by atoms with E-state index in [1.165, 1.54) is 0 Å². The molecule has 0 radical (unpaired) electrons. The van der Waals surface area contributed by atoms with Gasteiger partial charge in [0.25, 0.3) is 5.56 Å².